The molecular formula is C22H33N4. The van der Waals surface area contributed by atoms with Gasteiger partial charge in [-0.1, -0.05) is 44.5 Å². The number of benzene rings is 1. The van der Waals surface area contributed by atoms with Gasteiger partial charge in [-0.25, -0.2) is 4.98 Å². The van der Waals surface area contributed by atoms with Gasteiger partial charge in [-0.2, -0.15) is 0 Å². The molecule has 0 aliphatic carbocycles. The van der Waals surface area contributed by atoms with E-state index in [0.717, 1.165) is 12.2 Å². The molecule has 1 aromatic carbocycles. The van der Waals surface area contributed by atoms with Gasteiger partial charge in [0.1, 0.15) is 5.82 Å². The molecular weight excluding hydrogens is 320 g/mol. The van der Waals surface area contributed by atoms with E-state index in [1.807, 2.05) is 0 Å². The summed E-state index contributed by atoms with van der Waals surface area (Å²) in [4.78, 5) is 14.2. The molecule has 1 aromatic heterocycles. The summed E-state index contributed by atoms with van der Waals surface area (Å²) < 4.78 is 0. The highest BCUT2D eigenvalue weighted by Crippen LogP contribution is 2.12. The Balaban J connectivity index is 1.62. The molecule has 0 aliphatic heterocycles. The van der Waals surface area contributed by atoms with Gasteiger partial charge in [0.15, 0.2) is 0 Å². The molecule has 0 bridgehead atoms. The summed E-state index contributed by atoms with van der Waals surface area (Å²) in [6, 6.07) is 8.71. The summed E-state index contributed by atoms with van der Waals surface area (Å²) in [6.45, 7) is 8.93. The molecule has 0 aliphatic rings. The second-order valence-electron chi connectivity index (χ2n) is 6.73. The van der Waals surface area contributed by atoms with Crippen LogP contribution in [-0.2, 0) is 6.54 Å². The van der Waals surface area contributed by atoms with E-state index in [9.17, 15) is 0 Å². The van der Waals surface area contributed by atoms with Crippen molar-refractivity contribution in [1.29, 1.82) is 0 Å². The maximum atomic E-state index is 4.41. The molecule has 0 unspecified atom stereocenters. The lowest BCUT2D eigenvalue weighted by Crippen LogP contribution is -2.26. The highest BCUT2D eigenvalue weighted by atomic mass is 15.1. The smallest absolute Gasteiger partial charge is 0.148 e. The number of H-pyrrole nitrogens is 1. The minimum absolute atomic E-state index is 0.686. The summed E-state index contributed by atoms with van der Waals surface area (Å²) in [5.74, 6) is 0.798. The second kappa shape index (κ2) is 12.4. The average Bonchev–Trinajstić information content (AvgIpc) is 3.16. The summed E-state index contributed by atoms with van der Waals surface area (Å²) in [7, 11) is 0. The lowest BCUT2D eigenvalue weighted by atomic mass is 10.0. The molecule has 0 atom stereocenters. The minimum Gasteiger partial charge on any atom is -0.344 e. The van der Waals surface area contributed by atoms with Gasteiger partial charge < -0.3 is 9.88 Å². The number of aromatic nitrogens is 2. The molecule has 0 saturated heterocycles. The minimum atomic E-state index is 0.686. The van der Waals surface area contributed by atoms with Crippen molar-refractivity contribution >= 4 is 6.21 Å². The second-order valence-corrected chi connectivity index (χ2v) is 6.73. The van der Waals surface area contributed by atoms with Gasteiger partial charge in [0.05, 0.1) is 12.8 Å². The SMILES string of the molecule is CCCN(CCC)CCCC[CH]c1ccc(CN=Cc2ncc[nH]2)cc1. The first-order valence-electron chi connectivity index (χ1n) is 9.95. The molecule has 0 fully saturated rings. The third kappa shape index (κ3) is 7.96. The molecule has 2 aromatic rings. The van der Waals surface area contributed by atoms with Crippen molar-refractivity contribution in [3.8, 4) is 0 Å². The van der Waals surface area contributed by atoms with E-state index < -0.39 is 0 Å². The number of aromatic amines is 1. The molecule has 1 N–H and O–H groups in total. The molecule has 2 rings (SSSR count). The Morgan fingerprint density at radius 1 is 1.04 bits per heavy atom. The number of unbranched alkanes of at least 4 members (excludes halogenated alkanes) is 2. The van der Waals surface area contributed by atoms with Crippen molar-refractivity contribution < 1.29 is 0 Å². The lowest BCUT2D eigenvalue weighted by Gasteiger charge is -2.20. The van der Waals surface area contributed by atoms with Crippen LogP contribution < -0.4 is 0 Å². The first-order chi connectivity index (χ1) is 12.8. The number of rotatable bonds is 13. The fourth-order valence-corrected chi connectivity index (χ4v) is 3.06. The number of hydrogen-bond acceptors (Lipinski definition) is 3. The summed E-state index contributed by atoms with van der Waals surface area (Å²) in [5.41, 5.74) is 2.53. The van der Waals surface area contributed by atoms with E-state index >= 15 is 0 Å². The fraction of sp³-hybridized carbons (Fsp3) is 0.500. The van der Waals surface area contributed by atoms with Crippen LogP contribution in [0.5, 0.6) is 0 Å². The third-order valence-electron chi connectivity index (χ3n) is 4.37. The third-order valence-corrected chi connectivity index (χ3v) is 4.37. The molecule has 0 amide bonds. The van der Waals surface area contributed by atoms with Crippen LogP contribution in [0.2, 0.25) is 0 Å². The van der Waals surface area contributed by atoms with Crippen molar-refractivity contribution in [2.24, 2.45) is 4.99 Å². The summed E-state index contributed by atoms with van der Waals surface area (Å²) in [5, 5.41) is 0. The molecule has 26 heavy (non-hydrogen) atoms. The predicted octanol–water partition coefficient (Wildman–Crippen LogP) is 4.87. The van der Waals surface area contributed by atoms with Crippen LogP contribution in [-0.4, -0.2) is 40.7 Å². The maximum Gasteiger partial charge on any atom is 0.148 e. The van der Waals surface area contributed by atoms with Crippen molar-refractivity contribution in [3.63, 3.8) is 0 Å². The largest absolute Gasteiger partial charge is 0.344 e. The topological polar surface area (TPSA) is 44.3 Å². The van der Waals surface area contributed by atoms with E-state index in [1.54, 1.807) is 18.6 Å². The van der Waals surface area contributed by atoms with Gasteiger partial charge in [0.25, 0.3) is 0 Å². The quantitative estimate of drug-likeness (QED) is 0.412. The monoisotopic (exact) mass is 353 g/mol. The van der Waals surface area contributed by atoms with Crippen molar-refractivity contribution in [2.45, 2.75) is 52.5 Å². The zero-order valence-electron chi connectivity index (χ0n) is 16.3. The van der Waals surface area contributed by atoms with Crippen LogP contribution in [0.15, 0.2) is 41.7 Å². The number of imidazole rings is 1. The average molecular weight is 354 g/mol. The van der Waals surface area contributed by atoms with Crippen LogP contribution in [0.1, 0.15) is 62.9 Å². The Labute approximate surface area is 158 Å². The summed E-state index contributed by atoms with van der Waals surface area (Å²) >= 11 is 0. The highest BCUT2D eigenvalue weighted by molar-refractivity contribution is 5.74. The highest BCUT2D eigenvalue weighted by Gasteiger charge is 2.02. The van der Waals surface area contributed by atoms with Crippen molar-refractivity contribution in [1.82, 2.24) is 14.9 Å². The Bertz CT molecular complexity index is 596. The van der Waals surface area contributed by atoms with Crippen LogP contribution in [0.4, 0.5) is 0 Å². The molecule has 141 valence electrons. The van der Waals surface area contributed by atoms with Crippen LogP contribution >= 0.6 is 0 Å². The molecule has 1 heterocycles. The number of nitrogens with zero attached hydrogens (tertiary/aromatic N) is 3. The van der Waals surface area contributed by atoms with Gasteiger partial charge in [-0.15, -0.1) is 0 Å². The number of hydrogen-bond donors (Lipinski definition) is 1. The molecule has 0 spiro atoms. The Kier molecular flexibility index (Phi) is 9.73. The maximum absolute atomic E-state index is 4.41. The molecule has 0 saturated carbocycles. The fourth-order valence-electron chi connectivity index (χ4n) is 3.06. The van der Waals surface area contributed by atoms with E-state index in [1.165, 1.54) is 56.4 Å². The molecule has 4 nitrogen and oxygen atoms in total. The summed E-state index contributed by atoms with van der Waals surface area (Å²) in [6.07, 6.45) is 13.9. The van der Waals surface area contributed by atoms with E-state index in [4.69, 9.17) is 0 Å². The zero-order chi connectivity index (χ0) is 18.5. The Morgan fingerprint density at radius 2 is 1.81 bits per heavy atom. The van der Waals surface area contributed by atoms with E-state index in [2.05, 4.69) is 64.4 Å². The number of nitrogens with one attached hydrogen (secondary N) is 1. The van der Waals surface area contributed by atoms with E-state index in [0.29, 0.717) is 6.54 Å². The van der Waals surface area contributed by atoms with Crippen molar-refractivity contribution in [3.05, 3.63) is 60.0 Å². The molecule has 4 heteroatoms. The first-order valence-corrected chi connectivity index (χ1v) is 9.95. The predicted molar refractivity (Wildman–Crippen MR) is 111 cm³/mol. The Morgan fingerprint density at radius 3 is 2.46 bits per heavy atom. The van der Waals surface area contributed by atoms with Gasteiger partial charge in [0, 0.05) is 12.4 Å². The first kappa shape index (κ1) is 20.4. The zero-order valence-corrected chi connectivity index (χ0v) is 16.3. The van der Waals surface area contributed by atoms with Gasteiger partial charge in [-0.05, 0) is 62.9 Å². The van der Waals surface area contributed by atoms with Crippen LogP contribution in [0, 0.1) is 6.42 Å². The van der Waals surface area contributed by atoms with Crippen LogP contribution in [0.25, 0.3) is 0 Å². The standard InChI is InChI=1S/C22H33N4/c1-3-15-26(16-4-2)17-7-5-6-8-20-9-11-21(12-10-20)18-23-19-22-24-13-14-25-22/h8-14,19H,3-7,15-18H2,1-2H3,(H,24,25). The number of aliphatic imine (C=N–C) groups is 1. The lowest BCUT2D eigenvalue weighted by molar-refractivity contribution is 0.269. The Hall–Kier alpha value is -1.94. The van der Waals surface area contributed by atoms with Gasteiger partial charge >= 0.3 is 0 Å². The van der Waals surface area contributed by atoms with E-state index in [-0.39, 0.29) is 0 Å². The molecule has 1 radical (unpaired) electrons. The van der Waals surface area contributed by atoms with Gasteiger partial charge in [0.2, 0.25) is 0 Å². The van der Waals surface area contributed by atoms with Crippen molar-refractivity contribution in [2.75, 3.05) is 19.6 Å². The van der Waals surface area contributed by atoms with Gasteiger partial charge in [-0.3, -0.25) is 4.99 Å². The normalized spacial score (nSPS) is 11.7. The van der Waals surface area contributed by atoms with Crippen LogP contribution in [0.3, 0.4) is 0 Å².